The Morgan fingerprint density at radius 1 is 0.344 bits per heavy atom. The van der Waals surface area contributed by atoms with Gasteiger partial charge in [0.1, 0.15) is 77.0 Å². The van der Waals surface area contributed by atoms with Crippen molar-refractivity contribution in [1.82, 2.24) is 0 Å². The summed E-state index contributed by atoms with van der Waals surface area (Å²) < 4.78 is 199. The number of terminal acetylenes is 2. The predicted molar refractivity (Wildman–Crippen MR) is 190 cm³/mol. The van der Waals surface area contributed by atoms with Crippen LogP contribution in [0.3, 0.4) is 0 Å². The average Bonchev–Trinajstić information content (AvgIpc) is 3.15. The van der Waals surface area contributed by atoms with Crippen LogP contribution >= 0.6 is 0 Å². The molecule has 5 atom stereocenters. The lowest BCUT2D eigenvalue weighted by atomic mass is 10.4. The van der Waals surface area contributed by atoms with Crippen LogP contribution in [0.2, 0.25) is 0 Å². The molecule has 19 nitrogen and oxygen atoms in total. The van der Waals surface area contributed by atoms with Crippen molar-refractivity contribution in [3.05, 3.63) is 0 Å². The molecule has 29 heteroatoms. The monoisotopic (exact) mass is 968 g/mol. The van der Waals surface area contributed by atoms with Crippen LogP contribution in [-0.4, -0.2) is 226 Å². The van der Waals surface area contributed by atoms with Gasteiger partial charge in [-0.05, 0) is 0 Å². The van der Waals surface area contributed by atoms with E-state index in [9.17, 15) is 69.4 Å². The topological polar surface area (TPSA) is 230 Å². The fourth-order valence-corrected chi connectivity index (χ4v) is 3.90. The first-order chi connectivity index (χ1) is 29.9. The largest absolute Gasteiger partial charge is 0.495 e. The molecule has 0 saturated carbocycles. The van der Waals surface area contributed by atoms with Crippen LogP contribution in [0.4, 0.5) is 43.9 Å². The Hall–Kier alpha value is -2.34. The summed E-state index contributed by atoms with van der Waals surface area (Å²) in [4.78, 5) is 0. The Balaban J connectivity index is 4.06. The molecule has 0 heterocycles. The van der Waals surface area contributed by atoms with Gasteiger partial charge in [-0.1, -0.05) is 11.8 Å². The number of hydrogen-bond acceptors (Lipinski definition) is 19. The van der Waals surface area contributed by atoms with Gasteiger partial charge < -0.3 is 77.6 Å². The molecule has 0 fully saturated rings. The van der Waals surface area contributed by atoms with Crippen molar-refractivity contribution in [2.24, 2.45) is 0 Å². The molecule has 0 radical (unpaired) electrons. The van der Waals surface area contributed by atoms with Crippen molar-refractivity contribution in [3.63, 3.8) is 0 Å². The lowest BCUT2D eigenvalue weighted by Gasteiger charge is -2.26. The third kappa shape index (κ3) is 37.8. The van der Waals surface area contributed by atoms with Crippen molar-refractivity contribution in [3.8, 4) is 24.7 Å². The molecule has 0 aromatic rings. The minimum absolute atomic E-state index is 0.0510. The Labute approximate surface area is 360 Å². The number of hydrogen-bond donors (Lipinski definition) is 5. The lowest BCUT2D eigenvalue weighted by Crippen LogP contribution is -2.44. The quantitative estimate of drug-likeness (QED) is 0.0237. The number of aliphatic hydroxyl groups excluding tert-OH is 5. The minimum Gasteiger partial charge on any atom is -0.388 e. The standard InChI is InChI=1S/C35H54F10O19/c1-3-5-51-11-27(47)15-57-17-29(49)19-59-22-31(36,37)62-32(38,39)24-61-25-56-10-8-54-14-26(46)13-53-7-9-55-21-33(40,41)63-35(44,45)64-34(42,43)23-60-20-30(50)18-58-16-28(48)12-52-6-4-2/h1-2,26-30,46-50H,5-25H2. The summed E-state index contributed by atoms with van der Waals surface area (Å²) in [5.41, 5.74) is 0. The lowest BCUT2D eigenvalue weighted by molar-refractivity contribution is -0.518. The number of ether oxygens (including phenoxy) is 14. The molecule has 64 heavy (non-hydrogen) atoms. The van der Waals surface area contributed by atoms with Crippen LogP contribution in [0.15, 0.2) is 0 Å². The van der Waals surface area contributed by atoms with E-state index in [1.807, 2.05) is 0 Å². The van der Waals surface area contributed by atoms with Crippen LogP contribution in [0, 0.1) is 24.7 Å². The van der Waals surface area contributed by atoms with E-state index in [0.29, 0.717) is 0 Å². The maximum absolute atomic E-state index is 13.8. The van der Waals surface area contributed by atoms with E-state index < -0.39 is 147 Å². The molecule has 0 spiro atoms. The Morgan fingerprint density at radius 2 is 0.625 bits per heavy atom. The normalized spacial score (nSPS) is 15.4. The fourth-order valence-electron chi connectivity index (χ4n) is 3.90. The van der Waals surface area contributed by atoms with Crippen molar-refractivity contribution >= 4 is 0 Å². The van der Waals surface area contributed by atoms with Crippen molar-refractivity contribution in [1.29, 1.82) is 0 Å². The van der Waals surface area contributed by atoms with Gasteiger partial charge in [0.05, 0.1) is 92.5 Å². The van der Waals surface area contributed by atoms with Crippen LogP contribution in [0.5, 0.6) is 0 Å². The smallest absolute Gasteiger partial charge is 0.388 e. The summed E-state index contributed by atoms with van der Waals surface area (Å²) >= 11 is 0. The molecule has 378 valence electrons. The first-order valence-corrected chi connectivity index (χ1v) is 18.5. The zero-order valence-corrected chi connectivity index (χ0v) is 34.1. The highest BCUT2D eigenvalue weighted by Gasteiger charge is 2.52. The van der Waals surface area contributed by atoms with E-state index in [-0.39, 0.29) is 52.9 Å². The van der Waals surface area contributed by atoms with Gasteiger partial charge in [-0.3, -0.25) is 4.74 Å². The molecule has 5 unspecified atom stereocenters. The fraction of sp³-hybridized carbons (Fsp3) is 0.886. The maximum Gasteiger partial charge on any atom is 0.495 e. The maximum atomic E-state index is 13.8. The van der Waals surface area contributed by atoms with Gasteiger partial charge in [0.15, 0.2) is 0 Å². The van der Waals surface area contributed by atoms with E-state index in [4.69, 9.17) is 46.0 Å². The van der Waals surface area contributed by atoms with Gasteiger partial charge in [0.25, 0.3) is 0 Å². The van der Waals surface area contributed by atoms with Gasteiger partial charge >= 0.3 is 30.7 Å². The zero-order valence-electron chi connectivity index (χ0n) is 34.1. The molecule has 0 amide bonds. The minimum atomic E-state index is -5.56. The third-order valence-electron chi connectivity index (χ3n) is 6.30. The molecule has 0 rings (SSSR count). The summed E-state index contributed by atoms with van der Waals surface area (Å²) in [6, 6.07) is 0. The molecule has 0 saturated heterocycles. The number of alkyl halides is 10. The Morgan fingerprint density at radius 3 is 1.02 bits per heavy atom. The second-order valence-corrected chi connectivity index (χ2v) is 12.7. The first kappa shape index (κ1) is 61.7. The molecule has 0 aliphatic heterocycles. The van der Waals surface area contributed by atoms with Gasteiger partial charge in [0.2, 0.25) is 0 Å². The molecule has 0 bridgehead atoms. The molecule has 0 aromatic heterocycles. The SMILES string of the molecule is C#CCOCC(O)COCC(O)COCC(F)(F)OC(F)(F)COCOCCOCC(O)COCCOCC(F)(F)OC(F)(F)OC(F)(F)COCC(O)COCC(O)COCC#C. The van der Waals surface area contributed by atoms with Crippen LogP contribution in [-0.2, 0) is 66.3 Å². The Kier molecular flexibility index (Phi) is 32.8. The highest BCUT2D eigenvalue weighted by molar-refractivity contribution is 4.83. The van der Waals surface area contributed by atoms with E-state index >= 15 is 0 Å². The van der Waals surface area contributed by atoms with Gasteiger partial charge in [-0.15, -0.1) is 21.6 Å². The number of rotatable bonds is 44. The van der Waals surface area contributed by atoms with Crippen molar-refractivity contribution < 1.29 is 136 Å². The zero-order chi connectivity index (χ0) is 48.5. The van der Waals surface area contributed by atoms with Crippen molar-refractivity contribution in [2.75, 3.05) is 139 Å². The molecule has 0 aliphatic carbocycles. The number of aliphatic hydroxyl groups is 5. The Bertz CT molecular complexity index is 1250. The summed E-state index contributed by atoms with van der Waals surface area (Å²) in [6.45, 7) is -14.3. The van der Waals surface area contributed by atoms with E-state index in [2.05, 4.69) is 45.0 Å². The van der Waals surface area contributed by atoms with E-state index in [1.54, 1.807) is 0 Å². The molecular formula is C35H54F10O19. The summed E-state index contributed by atoms with van der Waals surface area (Å²) in [6.07, 6.45) is -20.9. The van der Waals surface area contributed by atoms with Gasteiger partial charge in [0, 0.05) is 0 Å². The first-order valence-electron chi connectivity index (χ1n) is 18.5. The average molecular weight is 969 g/mol. The van der Waals surface area contributed by atoms with Crippen LogP contribution < -0.4 is 0 Å². The summed E-state index contributed by atoms with van der Waals surface area (Å²) in [5, 5.41) is 48.2. The van der Waals surface area contributed by atoms with Gasteiger partial charge in [-0.2, -0.15) is 35.1 Å². The molecule has 0 aliphatic rings. The van der Waals surface area contributed by atoms with Crippen LogP contribution in [0.1, 0.15) is 0 Å². The summed E-state index contributed by atoms with van der Waals surface area (Å²) in [7, 11) is 0. The van der Waals surface area contributed by atoms with Crippen molar-refractivity contribution in [2.45, 2.75) is 61.2 Å². The third-order valence-corrected chi connectivity index (χ3v) is 6.30. The molecular weight excluding hydrogens is 914 g/mol. The second kappa shape index (κ2) is 34.0. The number of halogens is 10. The summed E-state index contributed by atoms with van der Waals surface area (Å²) in [5.74, 6) is 4.32. The second-order valence-electron chi connectivity index (χ2n) is 12.7. The molecule has 0 aromatic carbocycles. The van der Waals surface area contributed by atoms with Crippen LogP contribution in [0.25, 0.3) is 0 Å². The highest BCUT2D eigenvalue weighted by Crippen LogP contribution is 2.34. The highest BCUT2D eigenvalue weighted by atomic mass is 19.3. The predicted octanol–water partition coefficient (Wildman–Crippen LogP) is 0.169. The molecule has 5 N–H and O–H groups in total. The van der Waals surface area contributed by atoms with E-state index in [0.717, 1.165) is 0 Å². The van der Waals surface area contributed by atoms with E-state index in [1.165, 1.54) is 0 Å². The van der Waals surface area contributed by atoms with Gasteiger partial charge in [-0.25, -0.2) is 9.47 Å².